The van der Waals surface area contributed by atoms with E-state index in [4.69, 9.17) is 0 Å². The summed E-state index contributed by atoms with van der Waals surface area (Å²) >= 11 is 3.33. The summed E-state index contributed by atoms with van der Waals surface area (Å²) in [5.41, 5.74) is 0. The number of thiophene rings is 1. The molecule has 0 radical (unpaired) electrons. The van der Waals surface area contributed by atoms with Crippen LogP contribution in [-0.2, 0) is 11.2 Å². The monoisotopic (exact) mass is 390 g/mol. The average molecular weight is 391 g/mol. The Hall–Kier alpha value is -1.34. The van der Waals surface area contributed by atoms with Crippen molar-refractivity contribution in [1.29, 1.82) is 0 Å². The van der Waals surface area contributed by atoms with Crippen molar-refractivity contribution in [2.45, 2.75) is 62.4 Å². The van der Waals surface area contributed by atoms with Crippen molar-refractivity contribution < 1.29 is 4.79 Å². The largest absolute Gasteiger partial charge is 0.342 e. The van der Waals surface area contributed by atoms with E-state index in [-0.39, 0.29) is 11.2 Å². The molecule has 0 aromatic carbocycles. The molecule has 1 saturated heterocycles. The first kappa shape index (κ1) is 18.0. The molecule has 140 valence electrons. The van der Waals surface area contributed by atoms with Crippen LogP contribution in [0.5, 0.6) is 0 Å². The van der Waals surface area contributed by atoms with E-state index in [9.17, 15) is 4.79 Å². The smallest absolute Gasteiger partial charge is 0.235 e. The van der Waals surface area contributed by atoms with Gasteiger partial charge in [-0.2, -0.15) is 0 Å². The maximum absolute atomic E-state index is 12.8. The molecule has 1 saturated carbocycles. The van der Waals surface area contributed by atoms with Gasteiger partial charge in [-0.3, -0.25) is 4.79 Å². The van der Waals surface area contributed by atoms with Gasteiger partial charge in [0.25, 0.3) is 0 Å². The van der Waals surface area contributed by atoms with Crippen molar-refractivity contribution in [2.75, 3.05) is 13.1 Å². The number of hydrogen-bond acceptors (Lipinski definition) is 5. The highest BCUT2D eigenvalue weighted by molar-refractivity contribution is 8.00. The van der Waals surface area contributed by atoms with Gasteiger partial charge in [0.1, 0.15) is 5.82 Å². The number of carbonyl (C=O) groups excluding carboxylic acids is 1. The molecule has 26 heavy (non-hydrogen) atoms. The molecule has 1 unspecified atom stereocenters. The topological polar surface area (TPSA) is 51.0 Å². The highest BCUT2D eigenvalue weighted by Gasteiger charge is 2.32. The summed E-state index contributed by atoms with van der Waals surface area (Å²) in [5.74, 6) is 2.01. The third kappa shape index (κ3) is 3.98. The van der Waals surface area contributed by atoms with E-state index >= 15 is 0 Å². The summed E-state index contributed by atoms with van der Waals surface area (Å²) in [6.07, 6.45) is 5.44. The molecule has 2 aromatic rings. The van der Waals surface area contributed by atoms with Crippen LogP contribution in [0, 0.1) is 5.92 Å². The van der Waals surface area contributed by atoms with E-state index in [2.05, 4.69) is 39.2 Å². The van der Waals surface area contributed by atoms with Crippen LogP contribution in [0.1, 0.15) is 56.3 Å². The molecule has 3 heterocycles. The second-order valence-electron chi connectivity index (χ2n) is 7.52. The Labute approximate surface area is 163 Å². The van der Waals surface area contributed by atoms with Gasteiger partial charge in [-0.1, -0.05) is 24.8 Å². The fourth-order valence-corrected chi connectivity index (χ4v) is 5.19. The van der Waals surface area contributed by atoms with E-state index in [1.54, 1.807) is 23.1 Å². The molecule has 2 fully saturated rings. The molecule has 5 nitrogen and oxygen atoms in total. The normalized spacial score (nSPS) is 19.7. The second-order valence-corrected chi connectivity index (χ2v) is 9.86. The number of amides is 1. The van der Waals surface area contributed by atoms with Gasteiger partial charge in [-0.25, -0.2) is 0 Å². The van der Waals surface area contributed by atoms with Crippen molar-refractivity contribution in [3.8, 4) is 0 Å². The third-order valence-corrected chi connectivity index (χ3v) is 7.21. The lowest BCUT2D eigenvalue weighted by molar-refractivity contribution is -0.131. The van der Waals surface area contributed by atoms with Gasteiger partial charge < -0.3 is 9.47 Å². The quantitative estimate of drug-likeness (QED) is 0.700. The van der Waals surface area contributed by atoms with Crippen LogP contribution < -0.4 is 0 Å². The molecule has 1 amide bonds. The maximum Gasteiger partial charge on any atom is 0.235 e. The van der Waals surface area contributed by atoms with Crippen LogP contribution in [0.15, 0.2) is 22.7 Å². The van der Waals surface area contributed by atoms with Crippen molar-refractivity contribution in [2.24, 2.45) is 5.92 Å². The lowest BCUT2D eigenvalue weighted by Gasteiger charge is -2.32. The Bertz CT molecular complexity index is 746. The van der Waals surface area contributed by atoms with Crippen molar-refractivity contribution in [1.82, 2.24) is 19.7 Å². The molecular formula is C19H26N4OS2. The van der Waals surface area contributed by atoms with Gasteiger partial charge in [-0.05, 0) is 50.0 Å². The standard InChI is InChI=1S/C19H26N4OS2/c1-13-7-9-22(10-8-13)18(24)14(2)26-19-21-20-17(23(19)15-5-6-15)12-16-4-3-11-25-16/h3-4,11,13-15H,5-10,12H2,1-2H3. The molecule has 1 aliphatic carbocycles. The predicted molar refractivity (Wildman–Crippen MR) is 106 cm³/mol. The number of aromatic nitrogens is 3. The maximum atomic E-state index is 12.8. The number of hydrogen-bond donors (Lipinski definition) is 0. The van der Waals surface area contributed by atoms with E-state index in [0.717, 1.165) is 49.3 Å². The van der Waals surface area contributed by atoms with Gasteiger partial charge in [0.05, 0.1) is 5.25 Å². The minimum Gasteiger partial charge on any atom is -0.342 e. The summed E-state index contributed by atoms with van der Waals surface area (Å²) in [6.45, 7) is 6.07. The van der Waals surface area contributed by atoms with Crippen LogP contribution in [0.25, 0.3) is 0 Å². The molecule has 4 rings (SSSR count). The highest BCUT2D eigenvalue weighted by Crippen LogP contribution is 2.40. The van der Waals surface area contributed by atoms with Crippen LogP contribution in [0.3, 0.4) is 0 Å². The van der Waals surface area contributed by atoms with Gasteiger partial charge in [0, 0.05) is 30.4 Å². The van der Waals surface area contributed by atoms with E-state index in [1.807, 2.05) is 11.8 Å². The summed E-state index contributed by atoms with van der Waals surface area (Å²) in [7, 11) is 0. The summed E-state index contributed by atoms with van der Waals surface area (Å²) in [6, 6.07) is 4.74. The predicted octanol–water partition coefficient (Wildman–Crippen LogP) is 4.00. The zero-order valence-corrected chi connectivity index (χ0v) is 17.1. The van der Waals surface area contributed by atoms with Gasteiger partial charge in [0.2, 0.25) is 5.91 Å². The Kier molecular flexibility index (Phi) is 5.36. The summed E-state index contributed by atoms with van der Waals surface area (Å²) in [4.78, 5) is 16.2. The Morgan fingerprint density at radius 2 is 2.08 bits per heavy atom. The van der Waals surface area contributed by atoms with Crippen molar-refractivity contribution >= 4 is 29.0 Å². The second kappa shape index (κ2) is 7.72. The van der Waals surface area contributed by atoms with Crippen molar-refractivity contribution in [3.05, 3.63) is 28.2 Å². The van der Waals surface area contributed by atoms with Crippen LogP contribution in [-0.4, -0.2) is 43.9 Å². The molecular weight excluding hydrogens is 364 g/mol. The average Bonchev–Trinajstić information content (AvgIpc) is 3.20. The minimum atomic E-state index is -0.111. The molecule has 1 atom stereocenters. The number of piperidine rings is 1. The first-order valence-electron chi connectivity index (χ1n) is 9.53. The number of thioether (sulfide) groups is 1. The summed E-state index contributed by atoms with van der Waals surface area (Å²) in [5, 5.41) is 11.8. The Morgan fingerprint density at radius 1 is 1.31 bits per heavy atom. The third-order valence-electron chi connectivity index (χ3n) is 5.28. The molecule has 0 N–H and O–H groups in total. The minimum absolute atomic E-state index is 0.111. The zero-order valence-electron chi connectivity index (χ0n) is 15.4. The Balaban J connectivity index is 1.45. The lowest BCUT2D eigenvalue weighted by Crippen LogP contribution is -2.41. The Morgan fingerprint density at radius 3 is 2.73 bits per heavy atom. The van der Waals surface area contributed by atoms with Crippen molar-refractivity contribution in [3.63, 3.8) is 0 Å². The molecule has 0 spiro atoms. The van der Waals surface area contributed by atoms with E-state index in [0.29, 0.717) is 6.04 Å². The number of carbonyl (C=O) groups is 1. The fraction of sp³-hybridized carbons (Fsp3) is 0.632. The van der Waals surface area contributed by atoms with Gasteiger partial charge in [0.15, 0.2) is 5.16 Å². The molecule has 2 aromatic heterocycles. The summed E-state index contributed by atoms with van der Waals surface area (Å²) < 4.78 is 2.28. The molecule has 7 heteroatoms. The van der Waals surface area contributed by atoms with Crippen LogP contribution in [0.2, 0.25) is 0 Å². The molecule has 1 aliphatic heterocycles. The fourth-order valence-electron chi connectivity index (χ4n) is 3.47. The molecule has 2 aliphatic rings. The van der Waals surface area contributed by atoms with E-state index in [1.165, 1.54) is 17.7 Å². The number of rotatable bonds is 6. The van der Waals surface area contributed by atoms with Crippen LogP contribution >= 0.6 is 23.1 Å². The number of nitrogens with zero attached hydrogens (tertiary/aromatic N) is 4. The van der Waals surface area contributed by atoms with Crippen LogP contribution in [0.4, 0.5) is 0 Å². The van der Waals surface area contributed by atoms with E-state index < -0.39 is 0 Å². The van der Waals surface area contributed by atoms with Gasteiger partial charge >= 0.3 is 0 Å². The van der Waals surface area contributed by atoms with Gasteiger partial charge in [-0.15, -0.1) is 21.5 Å². The first-order valence-corrected chi connectivity index (χ1v) is 11.3. The molecule has 0 bridgehead atoms. The lowest BCUT2D eigenvalue weighted by atomic mass is 9.99. The highest BCUT2D eigenvalue weighted by atomic mass is 32.2. The first-order chi connectivity index (χ1) is 12.6. The SMILES string of the molecule is CC1CCN(C(=O)C(C)Sc2nnc(Cc3cccs3)n2C2CC2)CC1. The number of likely N-dealkylation sites (tertiary alicyclic amines) is 1. The zero-order chi connectivity index (χ0) is 18.1.